The van der Waals surface area contributed by atoms with Crippen LogP contribution < -0.4 is 0 Å². The van der Waals surface area contributed by atoms with Gasteiger partial charge in [0.1, 0.15) is 5.76 Å². The third-order valence-corrected chi connectivity index (χ3v) is 1.03. The Bertz CT molecular complexity index is 169. The molecule has 0 bridgehead atoms. The van der Waals surface area contributed by atoms with Crippen LogP contribution in [0, 0.1) is 6.92 Å². The van der Waals surface area contributed by atoms with E-state index < -0.39 is 0 Å². The molecule has 0 aliphatic rings. The average molecular weight is 111 g/mol. The molecule has 2 nitrogen and oxygen atoms in total. The molecule has 0 radical (unpaired) electrons. The van der Waals surface area contributed by atoms with Gasteiger partial charge in [-0.1, -0.05) is 12.1 Å². The van der Waals surface area contributed by atoms with E-state index in [4.69, 9.17) is 4.52 Å². The molecule has 0 N–H and O–H groups in total. The minimum Gasteiger partial charge on any atom is -0.361 e. The molecule has 0 saturated carbocycles. The summed E-state index contributed by atoms with van der Waals surface area (Å²) < 4.78 is 4.86. The normalized spacial score (nSPS) is 9.75. The summed E-state index contributed by atoms with van der Waals surface area (Å²) >= 11 is 0. The molecule has 0 aromatic carbocycles. The van der Waals surface area contributed by atoms with Crippen molar-refractivity contribution < 1.29 is 4.52 Å². The molecule has 2 heteroatoms. The fourth-order valence-corrected chi connectivity index (χ4v) is 0.583. The highest BCUT2D eigenvalue weighted by Gasteiger charge is 1.93. The number of rotatable bonds is 1. The van der Waals surface area contributed by atoms with Gasteiger partial charge in [-0.3, -0.25) is 0 Å². The first-order valence-electron chi connectivity index (χ1n) is 2.75. The molecule has 0 aliphatic heterocycles. The second-order valence-electron chi connectivity index (χ2n) is 1.79. The maximum atomic E-state index is 4.86. The van der Waals surface area contributed by atoms with Gasteiger partial charge < -0.3 is 4.52 Å². The van der Waals surface area contributed by atoms with Gasteiger partial charge in [-0.15, -0.1) is 0 Å². The topological polar surface area (TPSA) is 26.0 Å². The van der Waals surface area contributed by atoms with Gasteiger partial charge in [-0.2, -0.15) is 0 Å². The Morgan fingerprint density at radius 1 is 1.75 bits per heavy atom. The second kappa shape index (κ2) is 1.99. The molecule has 1 heterocycles. The Kier molecular flexibility index (Phi) is 1.33. The molecule has 0 unspecified atom stereocenters. The smallest absolute Gasteiger partial charge is 0.136 e. The van der Waals surface area contributed by atoms with E-state index >= 15 is 0 Å². The Morgan fingerprint density at radius 3 is 2.75 bits per heavy atom. The molecular weight excluding hydrogens is 102 g/mol. The van der Waals surface area contributed by atoms with Crippen LogP contribution in [-0.4, -0.2) is 5.16 Å². The molecule has 1 aromatic heterocycles. The summed E-state index contributed by atoms with van der Waals surface area (Å²) in [5.41, 5.74) is 0.960. The SMILES string of the molecule is CCc1cc(C)no1. The second-order valence-corrected chi connectivity index (χ2v) is 1.79. The van der Waals surface area contributed by atoms with Gasteiger partial charge in [-0.25, -0.2) is 0 Å². The van der Waals surface area contributed by atoms with Crippen LogP contribution in [0.5, 0.6) is 0 Å². The van der Waals surface area contributed by atoms with Crippen molar-refractivity contribution in [1.29, 1.82) is 0 Å². The molecule has 0 amide bonds. The summed E-state index contributed by atoms with van der Waals surface area (Å²) in [5, 5.41) is 3.71. The first kappa shape index (κ1) is 5.35. The molecule has 8 heavy (non-hydrogen) atoms. The Labute approximate surface area is 48.5 Å². The summed E-state index contributed by atoms with van der Waals surface area (Å²) in [6.07, 6.45) is 0.931. The number of aromatic nitrogens is 1. The van der Waals surface area contributed by atoms with E-state index in [0.717, 1.165) is 17.9 Å². The van der Waals surface area contributed by atoms with Gasteiger partial charge in [0.25, 0.3) is 0 Å². The quantitative estimate of drug-likeness (QED) is 0.549. The molecule has 1 aromatic rings. The van der Waals surface area contributed by atoms with Crippen molar-refractivity contribution >= 4 is 0 Å². The van der Waals surface area contributed by atoms with Crippen molar-refractivity contribution in [3.05, 3.63) is 17.5 Å². The highest BCUT2D eigenvalue weighted by molar-refractivity contribution is 5.01. The number of nitrogens with zero attached hydrogens (tertiary/aromatic N) is 1. The molecule has 0 aliphatic carbocycles. The van der Waals surface area contributed by atoms with Gasteiger partial charge in [-0.05, 0) is 6.92 Å². The molecule has 0 fully saturated rings. The van der Waals surface area contributed by atoms with E-state index in [-0.39, 0.29) is 0 Å². The van der Waals surface area contributed by atoms with Crippen LogP contribution in [0.2, 0.25) is 0 Å². The van der Waals surface area contributed by atoms with E-state index in [1.165, 1.54) is 0 Å². The Morgan fingerprint density at radius 2 is 2.50 bits per heavy atom. The molecule has 0 atom stereocenters. The molecule has 44 valence electrons. The van der Waals surface area contributed by atoms with Crippen LogP contribution in [0.3, 0.4) is 0 Å². The minimum atomic E-state index is 0.931. The molecular formula is C6H9NO. The number of aryl methyl sites for hydroxylation is 2. The predicted molar refractivity (Wildman–Crippen MR) is 30.6 cm³/mol. The monoisotopic (exact) mass is 111 g/mol. The molecule has 1 rings (SSSR count). The average Bonchev–Trinajstić information content (AvgIpc) is 2.14. The van der Waals surface area contributed by atoms with Crippen LogP contribution in [0.15, 0.2) is 10.6 Å². The van der Waals surface area contributed by atoms with Crippen molar-refractivity contribution in [2.75, 3.05) is 0 Å². The van der Waals surface area contributed by atoms with Gasteiger partial charge in [0.2, 0.25) is 0 Å². The Balaban J connectivity index is 2.84. The third kappa shape index (κ3) is 0.886. The lowest BCUT2D eigenvalue weighted by molar-refractivity contribution is 0.383. The van der Waals surface area contributed by atoms with E-state index in [0.29, 0.717) is 0 Å². The number of hydrogen-bond donors (Lipinski definition) is 0. The summed E-state index contributed by atoms with van der Waals surface area (Å²) in [5.74, 6) is 0.961. The standard InChI is InChI=1S/C6H9NO/c1-3-6-4-5(2)7-8-6/h4H,3H2,1-2H3. The van der Waals surface area contributed by atoms with Crippen molar-refractivity contribution in [3.8, 4) is 0 Å². The zero-order chi connectivity index (χ0) is 5.98. The van der Waals surface area contributed by atoms with E-state index in [9.17, 15) is 0 Å². The number of hydrogen-bond acceptors (Lipinski definition) is 2. The summed E-state index contributed by atoms with van der Waals surface area (Å²) in [7, 11) is 0. The molecule has 0 saturated heterocycles. The van der Waals surface area contributed by atoms with E-state index in [1.54, 1.807) is 0 Å². The predicted octanol–water partition coefficient (Wildman–Crippen LogP) is 1.55. The van der Waals surface area contributed by atoms with Crippen LogP contribution in [0.25, 0.3) is 0 Å². The first-order chi connectivity index (χ1) is 3.83. The maximum absolute atomic E-state index is 4.86. The lowest BCUT2D eigenvalue weighted by atomic mass is 10.3. The van der Waals surface area contributed by atoms with Gasteiger partial charge >= 0.3 is 0 Å². The Hall–Kier alpha value is -0.790. The highest BCUT2D eigenvalue weighted by atomic mass is 16.5. The van der Waals surface area contributed by atoms with Gasteiger partial charge in [0.05, 0.1) is 5.69 Å². The van der Waals surface area contributed by atoms with Crippen molar-refractivity contribution in [2.45, 2.75) is 20.3 Å². The fourth-order valence-electron chi connectivity index (χ4n) is 0.583. The summed E-state index contributed by atoms with van der Waals surface area (Å²) in [6.45, 7) is 3.96. The zero-order valence-corrected chi connectivity index (χ0v) is 5.14. The summed E-state index contributed by atoms with van der Waals surface area (Å²) in [6, 6.07) is 1.94. The minimum absolute atomic E-state index is 0.931. The largest absolute Gasteiger partial charge is 0.361 e. The van der Waals surface area contributed by atoms with Gasteiger partial charge in [0, 0.05) is 12.5 Å². The van der Waals surface area contributed by atoms with Crippen LogP contribution >= 0.6 is 0 Å². The summed E-state index contributed by atoms with van der Waals surface area (Å²) in [4.78, 5) is 0. The zero-order valence-electron chi connectivity index (χ0n) is 5.14. The molecule has 0 spiro atoms. The lowest BCUT2D eigenvalue weighted by Gasteiger charge is -1.76. The van der Waals surface area contributed by atoms with Crippen molar-refractivity contribution in [2.24, 2.45) is 0 Å². The van der Waals surface area contributed by atoms with Crippen LogP contribution in [0.4, 0.5) is 0 Å². The first-order valence-corrected chi connectivity index (χ1v) is 2.75. The van der Waals surface area contributed by atoms with E-state index in [1.807, 2.05) is 19.9 Å². The van der Waals surface area contributed by atoms with E-state index in [2.05, 4.69) is 5.16 Å². The fraction of sp³-hybridized carbons (Fsp3) is 0.500. The lowest BCUT2D eigenvalue weighted by Crippen LogP contribution is -1.67. The maximum Gasteiger partial charge on any atom is 0.136 e. The third-order valence-electron chi connectivity index (χ3n) is 1.03. The van der Waals surface area contributed by atoms with Crippen molar-refractivity contribution in [1.82, 2.24) is 5.16 Å². The highest BCUT2D eigenvalue weighted by Crippen LogP contribution is 2.00. The van der Waals surface area contributed by atoms with Crippen LogP contribution in [0.1, 0.15) is 18.4 Å². The van der Waals surface area contributed by atoms with Gasteiger partial charge in [0.15, 0.2) is 0 Å². The van der Waals surface area contributed by atoms with Crippen LogP contribution in [-0.2, 0) is 6.42 Å². The van der Waals surface area contributed by atoms with Crippen molar-refractivity contribution in [3.63, 3.8) is 0 Å².